The number of rotatable bonds is 3. The lowest BCUT2D eigenvalue weighted by molar-refractivity contribution is 0.0787. The van der Waals surface area contributed by atoms with Crippen molar-refractivity contribution in [2.24, 2.45) is 0 Å². The van der Waals surface area contributed by atoms with Gasteiger partial charge in [-0.25, -0.2) is 9.37 Å². The van der Waals surface area contributed by atoms with Crippen LogP contribution in [0.4, 0.5) is 4.39 Å². The van der Waals surface area contributed by atoms with Crippen LogP contribution < -0.4 is 0 Å². The molecule has 0 spiro atoms. The summed E-state index contributed by atoms with van der Waals surface area (Å²) in [5.41, 5.74) is 2.01. The Morgan fingerprint density at radius 2 is 2.24 bits per heavy atom. The molecular weight excluding hydrogens is 329 g/mol. The van der Waals surface area contributed by atoms with Gasteiger partial charge in [0.2, 0.25) is 0 Å². The third kappa shape index (κ3) is 2.49. The lowest BCUT2D eigenvalue weighted by Crippen LogP contribution is -2.25. The molecule has 0 aliphatic carbocycles. The van der Waals surface area contributed by atoms with Crippen LogP contribution in [0.25, 0.3) is 17.3 Å². The minimum atomic E-state index is -0.467. The largest absolute Gasteiger partial charge is 0.377 e. The lowest BCUT2D eigenvalue weighted by atomic mass is 10.1. The zero-order valence-corrected chi connectivity index (χ0v) is 13.6. The first kappa shape index (κ1) is 15.5. The van der Waals surface area contributed by atoms with Crippen molar-refractivity contribution < 1.29 is 18.4 Å². The zero-order chi connectivity index (χ0) is 17.6. The first-order valence-corrected chi connectivity index (χ1v) is 7.52. The molecule has 1 aromatic carbocycles. The summed E-state index contributed by atoms with van der Waals surface area (Å²) < 4.78 is 25.6. The number of amides is 1. The van der Waals surface area contributed by atoms with Crippen LogP contribution in [0.5, 0.6) is 0 Å². The summed E-state index contributed by atoms with van der Waals surface area (Å²) in [5, 5.41) is 3.83. The summed E-state index contributed by atoms with van der Waals surface area (Å²) in [7, 11) is 3.18. The van der Waals surface area contributed by atoms with Crippen molar-refractivity contribution in [1.29, 1.82) is 0 Å². The lowest BCUT2D eigenvalue weighted by Gasteiger charge is -2.14. The molecule has 1 amide bonds. The van der Waals surface area contributed by atoms with E-state index in [1.54, 1.807) is 24.0 Å². The Kier molecular flexibility index (Phi) is 3.57. The molecule has 0 bridgehead atoms. The van der Waals surface area contributed by atoms with E-state index in [0.29, 0.717) is 22.9 Å². The Balaban J connectivity index is 1.87. The molecule has 0 unspecified atom stereocenters. The molecule has 0 atom stereocenters. The highest BCUT2D eigenvalue weighted by molar-refractivity contribution is 5.98. The summed E-state index contributed by atoms with van der Waals surface area (Å²) in [6.07, 6.45) is 1.56. The molecule has 8 nitrogen and oxygen atoms in total. The van der Waals surface area contributed by atoms with Crippen LogP contribution in [-0.2, 0) is 17.9 Å². The van der Waals surface area contributed by atoms with E-state index in [4.69, 9.17) is 9.26 Å². The van der Waals surface area contributed by atoms with E-state index in [2.05, 4.69) is 15.1 Å². The molecule has 25 heavy (non-hydrogen) atoms. The second-order valence-electron chi connectivity index (χ2n) is 5.68. The predicted molar refractivity (Wildman–Crippen MR) is 83.3 cm³/mol. The van der Waals surface area contributed by atoms with E-state index >= 15 is 0 Å². The molecule has 3 aromatic rings. The normalized spacial score (nSPS) is 13.6. The third-order valence-electron chi connectivity index (χ3n) is 3.99. The quantitative estimate of drug-likeness (QED) is 0.721. The molecule has 2 aromatic heterocycles. The molecule has 0 N–H and O–H groups in total. The van der Waals surface area contributed by atoms with Crippen molar-refractivity contribution in [2.45, 2.75) is 13.2 Å². The highest BCUT2D eigenvalue weighted by Crippen LogP contribution is 2.30. The number of hydrogen-bond acceptors (Lipinski definition) is 6. The molecule has 0 saturated heterocycles. The Morgan fingerprint density at radius 3 is 3.04 bits per heavy atom. The van der Waals surface area contributed by atoms with Gasteiger partial charge < -0.3 is 14.2 Å². The summed E-state index contributed by atoms with van der Waals surface area (Å²) in [6.45, 7) is 0.493. The highest BCUT2D eigenvalue weighted by atomic mass is 19.1. The van der Waals surface area contributed by atoms with Gasteiger partial charge in [-0.05, 0) is 18.2 Å². The van der Waals surface area contributed by atoms with E-state index in [1.165, 1.54) is 24.1 Å². The van der Waals surface area contributed by atoms with E-state index < -0.39 is 5.82 Å². The molecule has 128 valence electrons. The average molecular weight is 343 g/mol. The number of halogens is 1. The van der Waals surface area contributed by atoms with Gasteiger partial charge in [-0.2, -0.15) is 4.98 Å². The first-order valence-electron chi connectivity index (χ1n) is 7.52. The van der Waals surface area contributed by atoms with Crippen LogP contribution >= 0.6 is 0 Å². The van der Waals surface area contributed by atoms with Gasteiger partial charge in [0.1, 0.15) is 18.8 Å². The SMILES string of the molecule is COCc1noc(-c2ncn3c2CN(C)C(=O)c2cc(F)ccc2-3)n1. The van der Waals surface area contributed by atoms with Gasteiger partial charge >= 0.3 is 0 Å². The number of hydrogen-bond donors (Lipinski definition) is 0. The maximum absolute atomic E-state index is 13.6. The van der Waals surface area contributed by atoms with Crippen molar-refractivity contribution in [3.05, 3.63) is 47.4 Å². The number of methoxy groups -OCH3 is 1. The molecule has 3 heterocycles. The van der Waals surface area contributed by atoms with Crippen molar-refractivity contribution in [3.63, 3.8) is 0 Å². The van der Waals surface area contributed by atoms with Crippen LogP contribution in [0.1, 0.15) is 21.9 Å². The van der Waals surface area contributed by atoms with Crippen LogP contribution in [0, 0.1) is 5.82 Å². The molecule has 9 heteroatoms. The van der Waals surface area contributed by atoms with Gasteiger partial charge in [0.15, 0.2) is 11.5 Å². The van der Waals surface area contributed by atoms with E-state index in [0.717, 1.165) is 0 Å². The van der Waals surface area contributed by atoms with Gasteiger partial charge in [-0.1, -0.05) is 5.16 Å². The molecule has 0 saturated carbocycles. The van der Waals surface area contributed by atoms with Crippen LogP contribution in [0.15, 0.2) is 29.0 Å². The van der Waals surface area contributed by atoms with Crippen LogP contribution in [0.2, 0.25) is 0 Å². The van der Waals surface area contributed by atoms with Crippen molar-refractivity contribution in [3.8, 4) is 17.3 Å². The Morgan fingerprint density at radius 1 is 1.40 bits per heavy atom. The summed E-state index contributed by atoms with van der Waals surface area (Å²) in [4.78, 5) is 22.7. The number of carbonyl (C=O) groups excluding carboxylic acids is 1. The fraction of sp³-hybridized carbons (Fsp3) is 0.250. The number of imidazole rings is 1. The fourth-order valence-electron chi connectivity index (χ4n) is 2.84. The van der Waals surface area contributed by atoms with E-state index in [1.807, 2.05) is 0 Å². The maximum atomic E-state index is 13.6. The van der Waals surface area contributed by atoms with Gasteiger partial charge in [0.05, 0.1) is 23.5 Å². The minimum absolute atomic E-state index is 0.222. The monoisotopic (exact) mass is 343 g/mol. The molecule has 0 fully saturated rings. The zero-order valence-electron chi connectivity index (χ0n) is 13.6. The number of aromatic nitrogens is 4. The van der Waals surface area contributed by atoms with Gasteiger partial charge in [-0.3, -0.25) is 9.36 Å². The smallest absolute Gasteiger partial charge is 0.278 e. The Bertz CT molecular complexity index is 965. The second kappa shape index (κ2) is 5.78. The summed E-state index contributed by atoms with van der Waals surface area (Å²) >= 11 is 0. The average Bonchev–Trinajstić information content (AvgIpc) is 3.19. The minimum Gasteiger partial charge on any atom is -0.377 e. The highest BCUT2D eigenvalue weighted by Gasteiger charge is 2.28. The van der Waals surface area contributed by atoms with E-state index in [-0.39, 0.29) is 30.5 Å². The standard InChI is InChI=1S/C16H14FN5O3/c1-21-6-12-14(15-19-13(7-24-2)20-25-15)18-8-22(12)11-4-3-9(17)5-10(11)16(21)23/h3-5,8H,6-7H2,1-2H3. The molecule has 1 aliphatic heterocycles. The Hall–Kier alpha value is -3.07. The van der Waals surface area contributed by atoms with Crippen molar-refractivity contribution >= 4 is 5.91 Å². The third-order valence-corrected chi connectivity index (χ3v) is 3.99. The predicted octanol–water partition coefficient (Wildman–Crippen LogP) is 1.79. The second-order valence-corrected chi connectivity index (χ2v) is 5.68. The van der Waals surface area contributed by atoms with E-state index in [9.17, 15) is 9.18 Å². The topological polar surface area (TPSA) is 86.3 Å². The maximum Gasteiger partial charge on any atom is 0.278 e. The summed E-state index contributed by atoms with van der Waals surface area (Å²) in [6, 6.07) is 4.09. The molecule has 0 radical (unpaired) electrons. The molecular formula is C16H14FN5O3. The molecule has 1 aliphatic rings. The van der Waals surface area contributed by atoms with Crippen LogP contribution in [-0.4, -0.2) is 44.7 Å². The summed E-state index contributed by atoms with van der Waals surface area (Å²) in [5.74, 6) is -0.0906. The Labute approximate surface area is 141 Å². The van der Waals surface area contributed by atoms with Crippen LogP contribution in [0.3, 0.4) is 0 Å². The van der Waals surface area contributed by atoms with Gasteiger partial charge in [0.25, 0.3) is 11.8 Å². The van der Waals surface area contributed by atoms with Crippen molar-refractivity contribution in [1.82, 2.24) is 24.6 Å². The van der Waals surface area contributed by atoms with Gasteiger partial charge in [0, 0.05) is 14.2 Å². The first-order chi connectivity index (χ1) is 12.1. The number of ether oxygens (including phenoxy) is 1. The van der Waals surface area contributed by atoms with Gasteiger partial charge in [-0.15, -0.1) is 0 Å². The molecule has 4 rings (SSSR count). The number of fused-ring (bicyclic) bond motifs is 3. The fourth-order valence-corrected chi connectivity index (χ4v) is 2.84. The number of benzene rings is 1. The number of nitrogens with zero attached hydrogens (tertiary/aromatic N) is 5. The number of carbonyl (C=O) groups is 1. The van der Waals surface area contributed by atoms with Crippen molar-refractivity contribution in [2.75, 3.05) is 14.2 Å².